The number of aromatic nitrogens is 1. The SMILES string of the molecule is CCO[C@@H]1C[C@H](NC(=O)CCc2c(C)noc2C)C12CCCCC2. The number of ether oxygens (including phenoxy) is 1. The van der Waals surface area contributed by atoms with Crippen LogP contribution in [0, 0.1) is 19.3 Å². The van der Waals surface area contributed by atoms with Crippen LogP contribution in [-0.2, 0) is 16.0 Å². The lowest BCUT2D eigenvalue weighted by Gasteiger charge is -2.57. The van der Waals surface area contributed by atoms with E-state index in [1.54, 1.807) is 0 Å². The number of hydrogen-bond donors (Lipinski definition) is 1. The largest absolute Gasteiger partial charge is 0.378 e. The Morgan fingerprint density at radius 2 is 2.08 bits per heavy atom. The second kappa shape index (κ2) is 7.26. The Morgan fingerprint density at radius 3 is 2.71 bits per heavy atom. The van der Waals surface area contributed by atoms with Crippen LogP contribution in [0.15, 0.2) is 4.52 Å². The molecule has 5 heteroatoms. The van der Waals surface area contributed by atoms with Gasteiger partial charge in [-0.2, -0.15) is 0 Å². The van der Waals surface area contributed by atoms with Gasteiger partial charge >= 0.3 is 0 Å². The van der Waals surface area contributed by atoms with Gasteiger partial charge in [0.1, 0.15) is 5.76 Å². The molecule has 5 nitrogen and oxygen atoms in total. The molecule has 0 saturated heterocycles. The first kappa shape index (κ1) is 17.5. The van der Waals surface area contributed by atoms with Gasteiger partial charge in [0, 0.05) is 30.0 Å². The third kappa shape index (κ3) is 3.23. The second-order valence-electron chi connectivity index (χ2n) is 7.40. The molecule has 0 radical (unpaired) electrons. The van der Waals surface area contributed by atoms with Crippen molar-refractivity contribution < 1.29 is 14.1 Å². The molecule has 1 aromatic heterocycles. The number of nitrogens with zero attached hydrogens (tertiary/aromatic N) is 1. The molecule has 2 atom stereocenters. The maximum Gasteiger partial charge on any atom is 0.220 e. The van der Waals surface area contributed by atoms with Gasteiger partial charge in [0.15, 0.2) is 0 Å². The normalized spacial score (nSPS) is 25.5. The number of nitrogens with one attached hydrogen (secondary N) is 1. The van der Waals surface area contributed by atoms with Crippen LogP contribution >= 0.6 is 0 Å². The van der Waals surface area contributed by atoms with Crippen molar-refractivity contribution in [3.8, 4) is 0 Å². The van der Waals surface area contributed by atoms with Crippen LogP contribution in [-0.4, -0.2) is 29.8 Å². The highest BCUT2D eigenvalue weighted by atomic mass is 16.5. The summed E-state index contributed by atoms with van der Waals surface area (Å²) in [5.41, 5.74) is 2.15. The molecule has 2 aliphatic rings. The molecule has 1 heterocycles. The van der Waals surface area contributed by atoms with Crippen LogP contribution in [0.3, 0.4) is 0 Å². The highest BCUT2D eigenvalue weighted by molar-refractivity contribution is 5.77. The molecule has 1 aromatic rings. The van der Waals surface area contributed by atoms with Gasteiger partial charge in [-0.1, -0.05) is 24.4 Å². The van der Waals surface area contributed by atoms with Crippen LogP contribution < -0.4 is 5.32 Å². The van der Waals surface area contributed by atoms with Crippen molar-refractivity contribution in [2.24, 2.45) is 5.41 Å². The lowest BCUT2D eigenvalue weighted by molar-refractivity contribution is -0.157. The average molecular weight is 334 g/mol. The summed E-state index contributed by atoms with van der Waals surface area (Å²) in [6, 6.07) is 0.284. The molecule has 24 heavy (non-hydrogen) atoms. The molecule has 0 unspecified atom stereocenters. The fraction of sp³-hybridized carbons (Fsp3) is 0.789. The topological polar surface area (TPSA) is 64.4 Å². The highest BCUT2D eigenvalue weighted by Crippen LogP contribution is 2.53. The first-order chi connectivity index (χ1) is 11.6. The number of hydrogen-bond acceptors (Lipinski definition) is 4. The first-order valence-electron chi connectivity index (χ1n) is 9.39. The van der Waals surface area contributed by atoms with Crippen molar-refractivity contribution in [3.63, 3.8) is 0 Å². The van der Waals surface area contributed by atoms with E-state index in [1.165, 1.54) is 32.1 Å². The summed E-state index contributed by atoms with van der Waals surface area (Å²) in [6.07, 6.45) is 8.69. The number of rotatable bonds is 6. The number of amides is 1. The predicted octanol–water partition coefficient (Wildman–Crippen LogP) is 3.47. The summed E-state index contributed by atoms with van der Waals surface area (Å²) in [6.45, 7) is 6.66. The van der Waals surface area contributed by atoms with E-state index in [-0.39, 0.29) is 17.4 Å². The summed E-state index contributed by atoms with van der Waals surface area (Å²) >= 11 is 0. The van der Waals surface area contributed by atoms with Crippen LogP contribution in [0.4, 0.5) is 0 Å². The fourth-order valence-electron chi connectivity index (χ4n) is 4.63. The summed E-state index contributed by atoms with van der Waals surface area (Å²) in [7, 11) is 0. The Labute approximate surface area is 144 Å². The van der Waals surface area contributed by atoms with Crippen molar-refractivity contribution in [3.05, 3.63) is 17.0 Å². The standard InChI is InChI=1S/C19H30N2O3/c1-4-23-17-12-16(19(17)10-6-5-7-11-19)20-18(22)9-8-15-13(2)21-24-14(15)3/h16-17H,4-12H2,1-3H3,(H,20,22)/t16-,17+/m0/s1. The number of aryl methyl sites for hydroxylation is 2. The van der Waals surface area contributed by atoms with E-state index in [9.17, 15) is 4.79 Å². The Hall–Kier alpha value is -1.36. The van der Waals surface area contributed by atoms with Gasteiger partial charge in [-0.05, 0) is 46.5 Å². The molecule has 2 saturated carbocycles. The molecule has 1 N–H and O–H groups in total. The van der Waals surface area contributed by atoms with Crippen molar-refractivity contribution in [1.29, 1.82) is 0 Å². The quantitative estimate of drug-likeness (QED) is 0.865. The maximum absolute atomic E-state index is 12.5. The summed E-state index contributed by atoms with van der Waals surface area (Å²) < 4.78 is 11.1. The molecule has 2 fully saturated rings. The summed E-state index contributed by atoms with van der Waals surface area (Å²) in [5.74, 6) is 0.962. The minimum Gasteiger partial charge on any atom is -0.378 e. The summed E-state index contributed by atoms with van der Waals surface area (Å²) in [5, 5.41) is 7.25. The average Bonchev–Trinajstić information content (AvgIpc) is 2.91. The zero-order chi connectivity index (χ0) is 17.2. The third-order valence-electron chi connectivity index (χ3n) is 6.06. The van der Waals surface area contributed by atoms with Crippen molar-refractivity contribution in [2.45, 2.75) is 84.3 Å². The number of carbonyl (C=O) groups excluding carboxylic acids is 1. The van der Waals surface area contributed by atoms with Gasteiger partial charge in [-0.3, -0.25) is 4.79 Å². The molecular weight excluding hydrogens is 304 g/mol. The molecular formula is C19H30N2O3. The van der Waals surface area contributed by atoms with Crippen LogP contribution in [0.2, 0.25) is 0 Å². The Morgan fingerprint density at radius 1 is 1.33 bits per heavy atom. The van der Waals surface area contributed by atoms with E-state index in [2.05, 4.69) is 17.4 Å². The van der Waals surface area contributed by atoms with Crippen LogP contribution in [0.25, 0.3) is 0 Å². The van der Waals surface area contributed by atoms with E-state index < -0.39 is 0 Å². The fourth-order valence-corrected chi connectivity index (χ4v) is 4.63. The number of carbonyl (C=O) groups is 1. The Balaban J connectivity index is 1.56. The zero-order valence-corrected chi connectivity index (χ0v) is 15.2. The minimum atomic E-state index is 0.139. The van der Waals surface area contributed by atoms with Gasteiger partial charge in [-0.25, -0.2) is 0 Å². The molecule has 0 aromatic carbocycles. The van der Waals surface area contributed by atoms with Crippen molar-refractivity contribution >= 4 is 5.91 Å². The van der Waals surface area contributed by atoms with Crippen LogP contribution in [0.5, 0.6) is 0 Å². The van der Waals surface area contributed by atoms with Crippen molar-refractivity contribution in [1.82, 2.24) is 10.5 Å². The van der Waals surface area contributed by atoms with E-state index >= 15 is 0 Å². The lowest BCUT2D eigenvalue weighted by atomic mass is 9.55. The van der Waals surface area contributed by atoms with Gasteiger partial charge < -0.3 is 14.6 Å². The molecule has 0 bridgehead atoms. The Bertz CT molecular complexity index is 556. The smallest absolute Gasteiger partial charge is 0.220 e. The van der Waals surface area contributed by atoms with E-state index in [1.807, 2.05) is 13.8 Å². The third-order valence-corrected chi connectivity index (χ3v) is 6.06. The molecule has 1 spiro atoms. The Kier molecular flexibility index (Phi) is 5.28. The minimum absolute atomic E-state index is 0.139. The van der Waals surface area contributed by atoms with Gasteiger partial charge in [0.2, 0.25) is 5.91 Å². The zero-order valence-electron chi connectivity index (χ0n) is 15.2. The van der Waals surface area contributed by atoms with Crippen LogP contribution in [0.1, 0.15) is 68.9 Å². The molecule has 1 amide bonds. The van der Waals surface area contributed by atoms with Gasteiger partial charge in [0.25, 0.3) is 0 Å². The first-order valence-corrected chi connectivity index (χ1v) is 9.39. The maximum atomic E-state index is 12.5. The molecule has 0 aliphatic heterocycles. The predicted molar refractivity (Wildman–Crippen MR) is 91.8 cm³/mol. The van der Waals surface area contributed by atoms with Crippen molar-refractivity contribution in [2.75, 3.05) is 6.61 Å². The van der Waals surface area contributed by atoms with Gasteiger partial charge in [-0.15, -0.1) is 0 Å². The van der Waals surface area contributed by atoms with E-state index in [0.717, 1.165) is 30.0 Å². The molecule has 2 aliphatic carbocycles. The molecule has 134 valence electrons. The molecule has 3 rings (SSSR count). The van der Waals surface area contributed by atoms with Gasteiger partial charge in [0.05, 0.1) is 11.8 Å². The summed E-state index contributed by atoms with van der Waals surface area (Å²) in [4.78, 5) is 12.5. The second-order valence-corrected chi connectivity index (χ2v) is 7.40. The lowest BCUT2D eigenvalue weighted by Crippen LogP contribution is -2.65. The van der Waals surface area contributed by atoms with E-state index in [0.29, 0.717) is 18.9 Å². The highest BCUT2D eigenvalue weighted by Gasteiger charge is 2.55. The van der Waals surface area contributed by atoms with E-state index in [4.69, 9.17) is 9.26 Å². The monoisotopic (exact) mass is 334 g/mol.